The Hall–Kier alpha value is -2.22. The molecule has 1 amide bonds. The van der Waals surface area contributed by atoms with E-state index in [1.54, 1.807) is 12.1 Å². The SMILES string of the molecule is COC(=O)[C@@H]1C[C@H]2CCCC[C@H]2N1CC(=O)Nc1ccccc1OC(F)F. The Bertz CT molecular complexity index is 685. The molecule has 0 radical (unpaired) electrons. The lowest BCUT2D eigenvalue weighted by molar-refractivity contribution is -0.146. The Morgan fingerprint density at radius 2 is 2.00 bits per heavy atom. The Labute approximate surface area is 156 Å². The van der Waals surface area contributed by atoms with E-state index in [9.17, 15) is 18.4 Å². The summed E-state index contributed by atoms with van der Waals surface area (Å²) in [5.41, 5.74) is 0.178. The molecule has 6 nitrogen and oxygen atoms in total. The Balaban J connectivity index is 1.71. The first kappa shape index (κ1) is 19.5. The first-order chi connectivity index (χ1) is 13.0. The maximum Gasteiger partial charge on any atom is 0.387 e. The van der Waals surface area contributed by atoms with E-state index in [1.165, 1.54) is 19.2 Å². The first-order valence-electron chi connectivity index (χ1n) is 9.17. The second-order valence-electron chi connectivity index (χ2n) is 6.98. The van der Waals surface area contributed by atoms with Crippen LogP contribution < -0.4 is 10.1 Å². The van der Waals surface area contributed by atoms with Gasteiger partial charge in [-0.3, -0.25) is 14.5 Å². The number of rotatable bonds is 6. The van der Waals surface area contributed by atoms with E-state index in [2.05, 4.69) is 10.1 Å². The third-order valence-electron chi connectivity index (χ3n) is 5.40. The van der Waals surface area contributed by atoms with Crippen molar-refractivity contribution in [3.63, 3.8) is 0 Å². The van der Waals surface area contributed by atoms with Crippen LogP contribution in [0, 0.1) is 5.92 Å². The van der Waals surface area contributed by atoms with Crippen LogP contribution in [-0.4, -0.2) is 49.1 Å². The molecule has 2 aliphatic rings. The third-order valence-corrected chi connectivity index (χ3v) is 5.40. The highest BCUT2D eigenvalue weighted by Crippen LogP contribution is 2.40. The minimum atomic E-state index is -2.98. The number of para-hydroxylation sites is 2. The predicted molar refractivity (Wildman–Crippen MR) is 94.6 cm³/mol. The number of amides is 1. The molecule has 1 heterocycles. The normalized spacial score (nSPS) is 25.1. The molecule has 1 saturated heterocycles. The fraction of sp³-hybridized carbons (Fsp3) is 0.579. The third kappa shape index (κ3) is 4.55. The molecule has 0 spiro atoms. The number of halogens is 2. The number of esters is 1. The van der Waals surface area contributed by atoms with Crippen molar-refractivity contribution in [2.75, 3.05) is 19.0 Å². The predicted octanol–water partition coefficient (Wildman–Crippen LogP) is 3.03. The maximum absolute atomic E-state index is 12.6. The molecule has 8 heteroatoms. The van der Waals surface area contributed by atoms with E-state index in [4.69, 9.17) is 4.74 Å². The number of ether oxygens (including phenoxy) is 2. The molecule has 3 atom stereocenters. The molecule has 2 fully saturated rings. The quantitative estimate of drug-likeness (QED) is 0.766. The molecule has 1 aliphatic carbocycles. The van der Waals surface area contributed by atoms with Crippen LogP contribution in [0.3, 0.4) is 0 Å². The van der Waals surface area contributed by atoms with Gasteiger partial charge in [-0.15, -0.1) is 0 Å². The van der Waals surface area contributed by atoms with Crippen LogP contribution >= 0.6 is 0 Å². The molecule has 27 heavy (non-hydrogen) atoms. The number of hydrogen-bond donors (Lipinski definition) is 1. The summed E-state index contributed by atoms with van der Waals surface area (Å²) in [5.74, 6) is -0.425. The molecule has 3 rings (SSSR count). The lowest BCUT2D eigenvalue weighted by Gasteiger charge is -2.32. The zero-order valence-corrected chi connectivity index (χ0v) is 15.2. The van der Waals surface area contributed by atoms with E-state index >= 15 is 0 Å². The minimum absolute atomic E-state index is 0.00391. The van der Waals surface area contributed by atoms with Crippen LogP contribution in [0.4, 0.5) is 14.5 Å². The Morgan fingerprint density at radius 1 is 1.26 bits per heavy atom. The second kappa shape index (κ2) is 8.65. The van der Waals surface area contributed by atoms with Gasteiger partial charge < -0.3 is 14.8 Å². The lowest BCUT2D eigenvalue weighted by Crippen LogP contribution is -2.46. The first-order valence-corrected chi connectivity index (χ1v) is 9.17. The van der Waals surface area contributed by atoms with Gasteiger partial charge in [-0.2, -0.15) is 8.78 Å². The molecular weight excluding hydrogens is 358 g/mol. The van der Waals surface area contributed by atoms with E-state index in [0.717, 1.165) is 25.7 Å². The molecule has 1 saturated carbocycles. The number of anilines is 1. The van der Waals surface area contributed by atoms with Gasteiger partial charge in [-0.1, -0.05) is 25.0 Å². The molecule has 0 aromatic heterocycles. The molecule has 1 aromatic carbocycles. The van der Waals surface area contributed by atoms with Crippen molar-refractivity contribution in [2.45, 2.75) is 50.8 Å². The summed E-state index contributed by atoms with van der Waals surface area (Å²) in [4.78, 5) is 26.7. The minimum Gasteiger partial charge on any atom is -0.468 e. The van der Waals surface area contributed by atoms with Gasteiger partial charge in [0.05, 0.1) is 19.3 Å². The molecule has 0 bridgehead atoms. The molecular formula is C19H24F2N2O4. The van der Waals surface area contributed by atoms with Gasteiger partial charge in [0.1, 0.15) is 11.8 Å². The van der Waals surface area contributed by atoms with Crippen LogP contribution in [0.25, 0.3) is 0 Å². The largest absolute Gasteiger partial charge is 0.468 e. The number of nitrogens with one attached hydrogen (secondary N) is 1. The maximum atomic E-state index is 12.6. The van der Waals surface area contributed by atoms with E-state index in [-0.39, 0.29) is 35.9 Å². The van der Waals surface area contributed by atoms with Crippen molar-refractivity contribution in [3.05, 3.63) is 24.3 Å². The average molecular weight is 382 g/mol. The van der Waals surface area contributed by atoms with Gasteiger partial charge >= 0.3 is 12.6 Å². The van der Waals surface area contributed by atoms with Crippen molar-refractivity contribution in [1.82, 2.24) is 4.90 Å². The summed E-state index contributed by atoms with van der Waals surface area (Å²) in [6.07, 6.45) is 4.87. The van der Waals surface area contributed by atoms with Crippen molar-refractivity contribution in [3.8, 4) is 5.75 Å². The van der Waals surface area contributed by atoms with Crippen molar-refractivity contribution in [1.29, 1.82) is 0 Å². The van der Waals surface area contributed by atoms with Gasteiger partial charge in [0.2, 0.25) is 5.91 Å². The standard InChI is InChI=1S/C19H24F2N2O4/c1-26-18(25)15-10-12-6-2-4-8-14(12)23(15)11-17(24)22-13-7-3-5-9-16(13)27-19(20)21/h3,5,7,9,12,14-15,19H,2,4,6,8,10-11H2,1H3,(H,22,24)/t12-,14-,15+/m1/s1. The fourth-order valence-corrected chi connectivity index (χ4v) is 4.27. The van der Waals surface area contributed by atoms with Crippen LogP contribution in [0.1, 0.15) is 32.1 Å². The Kier molecular flexibility index (Phi) is 6.26. The highest BCUT2D eigenvalue weighted by Gasteiger charge is 2.46. The van der Waals surface area contributed by atoms with Gasteiger partial charge in [-0.05, 0) is 37.3 Å². The van der Waals surface area contributed by atoms with Crippen LogP contribution in [0.2, 0.25) is 0 Å². The lowest BCUT2D eigenvalue weighted by atomic mass is 9.85. The number of fused-ring (bicyclic) bond motifs is 1. The topological polar surface area (TPSA) is 67.9 Å². The number of nitrogens with zero attached hydrogens (tertiary/aromatic N) is 1. The Morgan fingerprint density at radius 3 is 2.74 bits per heavy atom. The summed E-state index contributed by atoms with van der Waals surface area (Å²) in [6, 6.07) is 5.77. The number of carbonyl (C=O) groups is 2. The molecule has 148 valence electrons. The molecule has 1 N–H and O–H groups in total. The zero-order valence-electron chi connectivity index (χ0n) is 15.2. The summed E-state index contributed by atoms with van der Waals surface area (Å²) in [5, 5.41) is 2.62. The highest BCUT2D eigenvalue weighted by molar-refractivity contribution is 5.94. The van der Waals surface area contributed by atoms with Gasteiger partial charge in [0.25, 0.3) is 0 Å². The van der Waals surface area contributed by atoms with Gasteiger partial charge in [-0.25, -0.2) is 0 Å². The average Bonchev–Trinajstić information content (AvgIpc) is 3.01. The number of alkyl halides is 2. The van der Waals surface area contributed by atoms with Crippen molar-refractivity contribution >= 4 is 17.6 Å². The summed E-state index contributed by atoms with van der Waals surface area (Å²) in [6.45, 7) is -2.97. The second-order valence-corrected chi connectivity index (χ2v) is 6.98. The summed E-state index contributed by atoms with van der Waals surface area (Å²) >= 11 is 0. The highest BCUT2D eigenvalue weighted by atomic mass is 19.3. The number of methoxy groups -OCH3 is 1. The number of benzene rings is 1. The number of hydrogen-bond acceptors (Lipinski definition) is 5. The molecule has 1 aliphatic heterocycles. The zero-order chi connectivity index (χ0) is 19.4. The number of carbonyl (C=O) groups excluding carboxylic acids is 2. The fourth-order valence-electron chi connectivity index (χ4n) is 4.27. The number of likely N-dealkylation sites (tertiary alicyclic amines) is 1. The smallest absolute Gasteiger partial charge is 0.387 e. The van der Waals surface area contributed by atoms with Gasteiger partial charge in [0, 0.05) is 6.04 Å². The monoisotopic (exact) mass is 382 g/mol. The van der Waals surface area contributed by atoms with Gasteiger partial charge in [0.15, 0.2) is 0 Å². The molecule has 1 aromatic rings. The van der Waals surface area contributed by atoms with Crippen LogP contribution in [0.5, 0.6) is 5.75 Å². The van der Waals surface area contributed by atoms with Crippen LogP contribution in [-0.2, 0) is 14.3 Å². The summed E-state index contributed by atoms with van der Waals surface area (Å²) in [7, 11) is 1.35. The molecule has 0 unspecified atom stereocenters. The van der Waals surface area contributed by atoms with E-state index in [0.29, 0.717) is 12.3 Å². The van der Waals surface area contributed by atoms with Crippen molar-refractivity contribution in [2.24, 2.45) is 5.92 Å². The van der Waals surface area contributed by atoms with E-state index in [1.807, 2.05) is 4.90 Å². The summed E-state index contributed by atoms with van der Waals surface area (Å²) < 4.78 is 34.4. The van der Waals surface area contributed by atoms with Crippen molar-refractivity contribution < 1.29 is 27.8 Å². The van der Waals surface area contributed by atoms with E-state index < -0.39 is 12.7 Å². The van der Waals surface area contributed by atoms with Crippen LogP contribution in [0.15, 0.2) is 24.3 Å².